The summed E-state index contributed by atoms with van der Waals surface area (Å²) >= 11 is 1.74. The second kappa shape index (κ2) is 12.4. The van der Waals surface area contributed by atoms with Gasteiger partial charge in [-0.05, 0) is 88.3 Å². The van der Waals surface area contributed by atoms with Gasteiger partial charge in [0.25, 0.3) is 0 Å². The smallest absolute Gasteiger partial charge is 0.162 e. The van der Waals surface area contributed by atoms with Gasteiger partial charge in [0, 0.05) is 59.5 Å². The van der Waals surface area contributed by atoms with E-state index < -0.39 is 0 Å². The Morgan fingerprint density at radius 2 is 1.02 bits per heavy atom. The molecule has 274 valence electrons. The number of hydrogen-bond acceptors (Lipinski definition) is 3. The van der Waals surface area contributed by atoms with E-state index in [1.807, 2.05) is 0 Å². The van der Waals surface area contributed by atoms with Crippen molar-refractivity contribution in [3.05, 3.63) is 194 Å². The Morgan fingerprint density at radius 3 is 1.83 bits per heavy atom. The fourth-order valence-electron chi connectivity index (χ4n) is 9.47. The average molecular weight is 769 g/mol. The largest absolute Gasteiger partial charge is 0.309 e. The van der Waals surface area contributed by atoms with E-state index in [9.17, 15) is 0 Å². The minimum Gasteiger partial charge on any atom is -0.309 e. The lowest BCUT2D eigenvalue weighted by molar-refractivity contribution is 1.18. The SMILES string of the molecule is c1ccc(-n2c3ccccc3c3cc(-c4nc(-c5cccc6cc(-n7c8ccccc8c8cc9ccccc9cc87)ccc56)nc5sc6ccccc6c45)ccc32)cc1. The third-order valence-electron chi connectivity index (χ3n) is 12.1. The standard InChI is InChI=1S/C54H32N4S/c1-2-16-37(17-3-1)57-46-22-9-6-18-40(46)44-31-36(25-28-48(44)57)52-51-43-20-8-11-24-50(43)59-54(51)56-53(55-52)42-21-12-15-35-29-38(26-27-39(35)42)58-47-23-10-7-19-41(47)45-30-33-13-4-5-14-34(33)32-49(45)58/h1-32H. The van der Waals surface area contributed by atoms with Gasteiger partial charge in [-0.1, -0.05) is 127 Å². The minimum absolute atomic E-state index is 0.729. The lowest BCUT2D eigenvalue weighted by Gasteiger charge is -2.13. The van der Waals surface area contributed by atoms with E-state index >= 15 is 0 Å². The lowest BCUT2D eigenvalue weighted by atomic mass is 10.0. The van der Waals surface area contributed by atoms with Crippen LogP contribution in [0.4, 0.5) is 0 Å². The molecule has 59 heavy (non-hydrogen) atoms. The lowest BCUT2D eigenvalue weighted by Crippen LogP contribution is -1.96. The highest BCUT2D eigenvalue weighted by Gasteiger charge is 2.21. The Hall–Kier alpha value is -7.60. The molecular formula is C54H32N4S. The van der Waals surface area contributed by atoms with Crippen LogP contribution in [-0.2, 0) is 0 Å². The van der Waals surface area contributed by atoms with Crippen LogP contribution in [0.1, 0.15) is 0 Å². The van der Waals surface area contributed by atoms with Gasteiger partial charge in [0.2, 0.25) is 0 Å². The Kier molecular flexibility index (Phi) is 6.85. The van der Waals surface area contributed by atoms with E-state index in [0.717, 1.165) is 55.0 Å². The van der Waals surface area contributed by atoms with Crippen LogP contribution in [0.2, 0.25) is 0 Å². The molecule has 0 aliphatic carbocycles. The molecule has 0 fully saturated rings. The van der Waals surface area contributed by atoms with Crippen LogP contribution in [0.25, 0.3) is 119 Å². The molecule has 4 aromatic heterocycles. The van der Waals surface area contributed by atoms with Crippen LogP contribution in [0, 0.1) is 0 Å². The van der Waals surface area contributed by atoms with Crippen LogP contribution >= 0.6 is 11.3 Å². The first-order valence-electron chi connectivity index (χ1n) is 20.0. The Morgan fingerprint density at radius 1 is 0.373 bits per heavy atom. The molecule has 0 unspecified atom stereocenters. The first-order valence-corrected chi connectivity index (χ1v) is 20.8. The maximum atomic E-state index is 5.53. The average Bonchev–Trinajstić information content (AvgIpc) is 3.95. The van der Waals surface area contributed by atoms with Crippen molar-refractivity contribution in [2.24, 2.45) is 0 Å². The van der Waals surface area contributed by atoms with Gasteiger partial charge < -0.3 is 9.13 Å². The topological polar surface area (TPSA) is 35.6 Å². The van der Waals surface area contributed by atoms with E-state index in [0.29, 0.717) is 0 Å². The first-order chi connectivity index (χ1) is 29.2. The molecule has 5 heteroatoms. The number of hydrogen-bond donors (Lipinski definition) is 0. The van der Waals surface area contributed by atoms with E-state index in [2.05, 4.69) is 203 Å². The summed E-state index contributed by atoms with van der Waals surface area (Å²) in [5.74, 6) is 0.729. The minimum atomic E-state index is 0.729. The molecule has 0 amide bonds. The maximum Gasteiger partial charge on any atom is 0.162 e. The molecule has 13 rings (SSSR count). The molecule has 0 atom stereocenters. The number of benzene rings is 9. The molecule has 4 heterocycles. The summed E-state index contributed by atoms with van der Waals surface area (Å²) < 4.78 is 5.98. The molecule has 4 nitrogen and oxygen atoms in total. The molecule has 0 saturated carbocycles. The highest BCUT2D eigenvalue weighted by atomic mass is 32.1. The highest BCUT2D eigenvalue weighted by Crippen LogP contribution is 2.43. The van der Waals surface area contributed by atoms with Crippen LogP contribution in [0.15, 0.2) is 194 Å². The van der Waals surface area contributed by atoms with E-state index in [-0.39, 0.29) is 0 Å². The van der Waals surface area contributed by atoms with Gasteiger partial charge in [0.15, 0.2) is 5.82 Å². The van der Waals surface area contributed by atoms with Crippen LogP contribution in [0.5, 0.6) is 0 Å². The zero-order chi connectivity index (χ0) is 38.6. The van der Waals surface area contributed by atoms with E-state index in [4.69, 9.17) is 9.97 Å². The van der Waals surface area contributed by atoms with Gasteiger partial charge in [0.05, 0.1) is 27.8 Å². The molecule has 0 saturated heterocycles. The van der Waals surface area contributed by atoms with Gasteiger partial charge in [-0.25, -0.2) is 9.97 Å². The predicted molar refractivity (Wildman–Crippen MR) is 249 cm³/mol. The summed E-state index contributed by atoms with van der Waals surface area (Å²) in [6.45, 7) is 0. The molecule has 0 aliphatic rings. The Balaban J connectivity index is 1.02. The highest BCUT2D eigenvalue weighted by molar-refractivity contribution is 7.25. The van der Waals surface area contributed by atoms with Crippen molar-refractivity contribution in [2.45, 2.75) is 0 Å². The van der Waals surface area contributed by atoms with Gasteiger partial charge in [-0.15, -0.1) is 11.3 Å². The van der Waals surface area contributed by atoms with Crippen molar-refractivity contribution >= 4 is 96.8 Å². The fourth-order valence-corrected chi connectivity index (χ4v) is 10.5. The van der Waals surface area contributed by atoms with Gasteiger partial charge in [-0.2, -0.15) is 0 Å². The number of nitrogens with zero attached hydrogens (tertiary/aromatic N) is 4. The number of fused-ring (bicyclic) bond motifs is 11. The molecule has 13 aromatic rings. The molecule has 0 N–H and O–H groups in total. The van der Waals surface area contributed by atoms with Crippen molar-refractivity contribution in [2.75, 3.05) is 0 Å². The number of rotatable bonds is 4. The van der Waals surface area contributed by atoms with Crippen LogP contribution in [0.3, 0.4) is 0 Å². The Bertz CT molecular complexity index is 3850. The van der Waals surface area contributed by atoms with Crippen molar-refractivity contribution in [3.63, 3.8) is 0 Å². The summed E-state index contributed by atoms with van der Waals surface area (Å²) in [5, 5.41) is 12.0. The molecule has 0 radical (unpaired) electrons. The van der Waals surface area contributed by atoms with Crippen molar-refractivity contribution in [1.29, 1.82) is 0 Å². The molecule has 9 aromatic carbocycles. The molecular weight excluding hydrogens is 737 g/mol. The number of aromatic nitrogens is 4. The van der Waals surface area contributed by atoms with Gasteiger partial charge in [0.1, 0.15) is 4.83 Å². The quantitative estimate of drug-likeness (QED) is 0.179. The third kappa shape index (κ3) is 4.83. The zero-order valence-corrected chi connectivity index (χ0v) is 32.5. The maximum absolute atomic E-state index is 5.53. The van der Waals surface area contributed by atoms with Crippen molar-refractivity contribution in [3.8, 4) is 34.0 Å². The normalized spacial score (nSPS) is 12.1. The number of para-hydroxylation sites is 3. The Labute approximate surface area is 342 Å². The molecule has 0 aliphatic heterocycles. The summed E-state index contributed by atoms with van der Waals surface area (Å²) in [5.41, 5.74) is 10.1. The monoisotopic (exact) mass is 768 g/mol. The molecule has 0 spiro atoms. The fraction of sp³-hybridized carbons (Fsp3) is 0. The first kappa shape index (κ1) is 32.5. The summed E-state index contributed by atoms with van der Waals surface area (Å²) in [6, 6.07) is 70.2. The zero-order valence-electron chi connectivity index (χ0n) is 31.7. The second-order valence-corrected chi connectivity index (χ2v) is 16.4. The van der Waals surface area contributed by atoms with Crippen molar-refractivity contribution in [1.82, 2.24) is 19.1 Å². The van der Waals surface area contributed by atoms with E-state index in [1.165, 1.54) is 64.5 Å². The van der Waals surface area contributed by atoms with Gasteiger partial charge >= 0.3 is 0 Å². The van der Waals surface area contributed by atoms with Crippen LogP contribution < -0.4 is 0 Å². The number of thiophene rings is 1. The third-order valence-corrected chi connectivity index (χ3v) is 13.2. The molecule has 0 bridgehead atoms. The summed E-state index contributed by atoms with van der Waals surface area (Å²) in [6.07, 6.45) is 0. The summed E-state index contributed by atoms with van der Waals surface area (Å²) in [4.78, 5) is 11.9. The van der Waals surface area contributed by atoms with Crippen molar-refractivity contribution < 1.29 is 0 Å². The predicted octanol–water partition coefficient (Wildman–Crippen LogP) is 14.7. The van der Waals surface area contributed by atoms with E-state index in [1.54, 1.807) is 11.3 Å². The summed E-state index contributed by atoms with van der Waals surface area (Å²) in [7, 11) is 0. The second-order valence-electron chi connectivity index (χ2n) is 15.4. The van der Waals surface area contributed by atoms with Crippen LogP contribution in [-0.4, -0.2) is 19.1 Å². The van der Waals surface area contributed by atoms with Gasteiger partial charge in [-0.3, -0.25) is 0 Å².